The summed E-state index contributed by atoms with van der Waals surface area (Å²) in [5.41, 5.74) is 0.873. The van der Waals surface area contributed by atoms with Crippen LogP contribution in [-0.2, 0) is 15.8 Å². The fraction of sp³-hybridized carbons (Fsp3) is 0.360. The molecule has 0 saturated heterocycles. The summed E-state index contributed by atoms with van der Waals surface area (Å²) in [5, 5.41) is 0.475. The molecule has 0 saturated carbocycles. The Morgan fingerprint density at radius 1 is 1.06 bits per heavy atom. The molecule has 0 N–H and O–H groups in total. The van der Waals surface area contributed by atoms with Crippen molar-refractivity contribution in [1.82, 2.24) is 0 Å². The maximum absolute atomic E-state index is 13.8. The molecule has 2 aliphatic rings. The molecule has 1 unspecified atom stereocenters. The van der Waals surface area contributed by atoms with Crippen molar-refractivity contribution in [3.8, 4) is 0 Å². The first kappa shape index (κ1) is 22.6. The monoisotopic (exact) mass is 461 g/mol. The number of alkyl halides is 3. The zero-order valence-corrected chi connectivity index (χ0v) is 18.8. The molecule has 4 rings (SSSR count). The lowest BCUT2D eigenvalue weighted by molar-refractivity contribution is -0.138. The van der Waals surface area contributed by atoms with E-state index in [1.165, 1.54) is 23.1 Å². The highest BCUT2D eigenvalue weighted by Gasteiger charge is 2.46. The lowest BCUT2D eigenvalue weighted by Crippen LogP contribution is -2.44. The first-order valence-electron chi connectivity index (χ1n) is 10.4. The third-order valence-electron chi connectivity index (χ3n) is 6.20. The van der Waals surface area contributed by atoms with E-state index >= 15 is 0 Å². The van der Waals surface area contributed by atoms with E-state index < -0.39 is 23.1 Å². The van der Waals surface area contributed by atoms with Crippen molar-refractivity contribution in [1.29, 1.82) is 0 Å². The van der Waals surface area contributed by atoms with Crippen LogP contribution in [0, 0.1) is 12.3 Å². The Morgan fingerprint density at radius 3 is 2.41 bits per heavy atom. The van der Waals surface area contributed by atoms with Crippen LogP contribution in [0.3, 0.4) is 0 Å². The zero-order chi connectivity index (χ0) is 23.4. The number of ketones is 1. The summed E-state index contributed by atoms with van der Waals surface area (Å²) in [6.07, 6.45) is -4.19. The topological polar surface area (TPSA) is 37.4 Å². The molecule has 1 heterocycles. The first-order chi connectivity index (χ1) is 14.9. The number of amides is 1. The Hall–Kier alpha value is -2.60. The number of hydrogen-bond donors (Lipinski definition) is 0. The van der Waals surface area contributed by atoms with Gasteiger partial charge in [0.25, 0.3) is 0 Å². The van der Waals surface area contributed by atoms with E-state index in [1.54, 1.807) is 18.2 Å². The SMILES string of the molecule is Cc1ccc(N2C(=O)CC(c3ccccc3C(F)(F)F)C3=C2CC(C)(C)CC3=O)cc1Cl. The Bertz CT molecular complexity index is 1150. The van der Waals surface area contributed by atoms with Gasteiger partial charge in [-0.25, -0.2) is 0 Å². The van der Waals surface area contributed by atoms with Crippen LogP contribution in [0.15, 0.2) is 53.7 Å². The van der Waals surface area contributed by atoms with E-state index in [0.29, 0.717) is 28.4 Å². The highest BCUT2D eigenvalue weighted by Crippen LogP contribution is 2.50. The number of allylic oxidation sites excluding steroid dienone is 2. The van der Waals surface area contributed by atoms with Crippen LogP contribution in [0.5, 0.6) is 0 Å². The molecule has 32 heavy (non-hydrogen) atoms. The van der Waals surface area contributed by atoms with Gasteiger partial charge in [-0.2, -0.15) is 13.2 Å². The van der Waals surface area contributed by atoms with Gasteiger partial charge in [0.15, 0.2) is 5.78 Å². The predicted molar refractivity (Wildman–Crippen MR) is 118 cm³/mol. The van der Waals surface area contributed by atoms with E-state index in [-0.39, 0.29) is 30.1 Å². The lowest BCUT2D eigenvalue weighted by Gasteiger charge is -2.43. The van der Waals surface area contributed by atoms with Crippen molar-refractivity contribution in [3.63, 3.8) is 0 Å². The summed E-state index contributed by atoms with van der Waals surface area (Å²) >= 11 is 6.29. The Kier molecular flexibility index (Phi) is 5.48. The summed E-state index contributed by atoms with van der Waals surface area (Å²) in [4.78, 5) is 28.1. The van der Waals surface area contributed by atoms with Crippen LogP contribution in [0.25, 0.3) is 0 Å². The average molecular weight is 462 g/mol. The summed E-state index contributed by atoms with van der Waals surface area (Å²) in [5.74, 6) is -1.50. The third kappa shape index (κ3) is 3.96. The second kappa shape index (κ2) is 7.77. The number of hydrogen-bond acceptors (Lipinski definition) is 2. The average Bonchev–Trinajstić information content (AvgIpc) is 2.68. The van der Waals surface area contributed by atoms with Crippen molar-refractivity contribution in [3.05, 3.63) is 75.4 Å². The molecule has 0 aromatic heterocycles. The number of carbonyl (C=O) groups is 2. The van der Waals surface area contributed by atoms with Gasteiger partial charge in [0.05, 0.1) is 11.3 Å². The maximum atomic E-state index is 13.8. The molecule has 1 atom stereocenters. The van der Waals surface area contributed by atoms with Crippen LogP contribution in [0.2, 0.25) is 5.02 Å². The van der Waals surface area contributed by atoms with Gasteiger partial charge in [-0.1, -0.05) is 49.7 Å². The van der Waals surface area contributed by atoms with Crippen LogP contribution < -0.4 is 4.90 Å². The second-order valence-electron chi connectivity index (χ2n) is 9.31. The summed E-state index contributed by atoms with van der Waals surface area (Å²) in [6, 6.07) is 10.4. The van der Waals surface area contributed by atoms with Crippen molar-refractivity contribution in [2.45, 2.75) is 52.1 Å². The number of anilines is 1. The lowest BCUT2D eigenvalue weighted by atomic mass is 9.68. The quantitative estimate of drug-likeness (QED) is 0.491. The molecule has 3 nitrogen and oxygen atoms in total. The molecule has 2 aromatic carbocycles. The van der Waals surface area contributed by atoms with Crippen molar-refractivity contribution < 1.29 is 22.8 Å². The number of carbonyl (C=O) groups excluding carboxylic acids is 2. The fourth-order valence-electron chi connectivity index (χ4n) is 4.76. The van der Waals surface area contributed by atoms with E-state index in [2.05, 4.69) is 0 Å². The minimum Gasteiger partial charge on any atom is -0.294 e. The van der Waals surface area contributed by atoms with Crippen molar-refractivity contribution >= 4 is 29.0 Å². The molecule has 1 aliphatic heterocycles. The van der Waals surface area contributed by atoms with Gasteiger partial charge in [-0.3, -0.25) is 14.5 Å². The summed E-state index contributed by atoms with van der Waals surface area (Å²) in [6.45, 7) is 5.69. The maximum Gasteiger partial charge on any atom is 0.416 e. The van der Waals surface area contributed by atoms with E-state index in [4.69, 9.17) is 11.6 Å². The number of Topliss-reactive ketones (excluding diaryl/α,β-unsaturated/α-hetero) is 1. The van der Waals surface area contributed by atoms with Crippen LogP contribution in [-0.4, -0.2) is 11.7 Å². The number of halogens is 4. The third-order valence-corrected chi connectivity index (χ3v) is 6.61. The normalized spacial score (nSPS) is 21.1. The molecule has 2 aromatic rings. The molecule has 7 heteroatoms. The minimum absolute atomic E-state index is 0.0319. The molecular formula is C25H23ClF3NO2. The number of nitrogens with zero attached hydrogens (tertiary/aromatic N) is 1. The molecule has 1 amide bonds. The van der Waals surface area contributed by atoms with Gasteiger partial charge in [-0.15, -0.1) is 0 Å². The molecule has 0 bridgehead atoms. The van der Waals surface area contributed by atoms with Gasteiger partial charge in [0.2, 0.25) is 5.91 Å². The number of benzene rings is 2. The van der Waals surface area contributed by atoms with Crippen molar-refractivity contribution in [2.75, 3.05) is 4.90 Å². The van der Waals surface area contributed by atoms with E-state index in [9.17, 15) is 22.8 Å². The smallest absolute Gasteiger partial charge is 0.294 e. The Labute approximate surface area is 189 Å². The van der Waals surface area contributed by atoms with Gasteiger partial charge < -0.3 is 0 Å². The standard InChI is InChI=1S/C25H23ClF3NO2/c1-14-8-9-15(10-19(14)26)30-20-12-24(2,3)13-21(31)23(20)17(11-22(30)32)16-6-4-5-7-18(16)25(27,28)29/h4-10,17H,11-13H2,1-3H3. The largest absolute Gasteiger partial charge is 0.416 e. The second-order valence-corrected chi connectivity index (χ2v) is 9.71. The summed E-state index contributed by atoms with van der Waals surface area (Å²) < 4.78 is 41.3. The zero-order valence-electron chi connectivity index (χ0n) is 18.0. The van der Waals surface area contributed by atoms with Crippen LogP contribution >= 0.6 is 11.6 Å². The predicted octanol–water partition coefficient (Wildman–Crippen LogP) is 6.83. The van der Waals surface area contributed by atoms with E-state index in [0.717, 1.165) is 11.6 Å². The van der Waals surface area contributed by atoms with E-state index in [1.807, 2.05) is 20.8 Å². The van der Waals surface area contributed by atoms with Gasteiger partial charge in [0, 0.05) is 35.1 Å². The highest BCUT2D eigenvalue weighted by atomic mass is 35.5. The highest BCUT2D eigenvalue weighted by molar-refractivity contribution is 6.31. The van der Waals surface area contributed by atoms with Crippen molar-refractivity contribution in [2.24, 2.45) is 5.41 Å². The molecule has 0 radical (unpaired) electrons. The van der Waals surface area contributed by atoms with Crippen LogP contribution in [0.1, 0.15) is 55.7 Å². The van der Waals surface area contributed by atoms with Gasteiger partial charge >= 0.3 is 6.18 Å². The minimum atomic E-state index is -4.58. The van der Waals surface area contributed by atoms with Crippen LogP contribution in [0.4, 0.5) is 18.9 Å². The summed E-state index contributed by atoms with van der Waals surface area (Å²) in [7, 11) is 0. The Morgan fingerprint density at radius 2 is 1.75 bits per heavy atom. The molecular weight excluding hydrogens is 439 g/mol. The fourth-order valence-corrected chi connectivity index (χ4v) is 4.94. The van der Waals surface area contributed by atoms with Gasteiger partial charge in [-0.05, 0) is 48.1 Å². The van der Waals surface area contributed by atoms with Gasteiger partial charge in [0.1, 0.15) is 0 Å². The number of rotatable bonds is 2. The molecule has 0 fully saturated rings. The Balaban J connectivity index is 1.94. The first-order valence-corrected chi connectivity index (χ1v) is 10.8. The molecule has 0 spiro atoms. The number of aryl methyl sites for hydroxylation is 1. The molecule has 168 valence electrons. The molecule has 1 aliphatic carbocycles.